The second-order valence-corrected chi connectivity index (χ2v) is 7.62. The van der Waals surface area contributed by atoms with Crippen LogP contribution in [0, 0.1) is 11.3 Å². The van der Waals surface area contributed by atoms with Crippen molar-refractivity contribution < 1.29 is 23.1 Å². The first-order valence-corrected chi connectivity index (χ1v) is 10.1. The Kier molecular flexibility index (Phi) is 5.46. The molecule has 3 aromatic rings. The molecule has 2 heterocycles. The van der Waals surface area contributed by atoms with Crippen molar-refractivity contribution in [1.82, 2.24) is 9.55 Å². The summed E-state index contributed by atoms with van der Waals surface area (Å²) in [6, 6.07) is 12.5. The van der Waals surface area contributed by atoms with Crippen molar-refractivity contribution in [1.29, 1.82) is 5.26 Å². The lowest BCUT2D eigenvalue weighted by Crippen LogP contribution is -2.33. The minimum atomic E-state index is -4.55. The molecule has 2 aromatic carbocycles. The predicted octanol–water partition coefficient (Wildman–Crippen LogP) is 5.44. The zero-order valence-electron chi connectivity index (χ0n) is 17.8. The van der Waals surface area contributed by atoms with Crippen LogP contribution in [-0.2, 0) is 17.4 Å². The maximum absolute atomic E-state index is 13.4. The van der Waals surface area contributed by atoms with Gasteiger partial charge in [-0.3, -0.25) is 4.90 Å². The molecule has 1 aromatic heterocycles. The van der Waals surface area contributed by atoms with Crippen LogP contribution in [0.4, 0.5) is 24.8 Å². The Morgan fingerprint density at radius 3 is 2.48 bits per heavy atom. The Morgan fingerprint density at radius 2 is 1.91 bits per heavy atom. The van der Waals surface area contributed by atoms with E-state index >= 15 is 0 Å². The maximum atomic E-state index is 13.4. The largest absolute Gasteiger partial charge is 0.478 e. The molecule has 9 heteroatoms. The molecule has 4 rings (SSSR count). The van der Waals surface area contributed by atoms with Crippen LogP contribution in [0.25, 0.3) is 0 Å². The van der Waals surface area contributed by atoms with E-state index < -0.39 is 23.8 Å². The van der Waals surface area contributed by atoms with Crippen LogP contribution in [0.2, 0.25) is 0 Å². The highest BCUT2D eigenvalue weighted by atomic mass is 19.4. The topological polar surface area (TPSA) is 82.2 Å². The van der Waals surface area contributed by atoms with E-state index in [4.69, 9.17) is 5.26 Å². The highest BCUT2D eigenvalue weighted by molar-refractivity contribution is 5.92. The molecule has 0 aliphatic carbocycles. The van der Waals surface area contributed by atoms with Crippen LogP contribution in [0.3, 0.4) is 0 Å². The van der Waals surface area contributed by atoms with Crippen molar-refractivity contribution in [2.75, 3.05) is 4.90 Å². The molecule has 1 N–H and O–H groups in total. The molecule has 0 bridgehead atoms. The molecule has 1 atom stereocenters. The zero-order chi connectivity index (χ0) is 23.9. The molecule has 1 aliphatic heterocycles. The van der Waals surface area contributed by atoms with Crippen molar-refractivity contribution in [3.63, 3.8) is 0 Å². The fourth-order valence-electron chi connectivity index (χ4n) is 4.04. The van der Waals surface area contributed by atoms with Crippen LogP contribution < -0.4 is 4.90 Å². The van der Waals surface area contributed by atoms with E-state index in [1.54, 1.807) is 42.0 Å². The summed E-state index contributed by atoms with van der Waals surface area (Å²) >= 11 is 0. The van der Waals surface area contributed by atoms with Gasteiger partial charge in [-0.15, -0.1) is 0 Å². The Balaban J connectivity index is 1.97. The van der Waals surface area contributed by atoms with E-state index in [2.05, 4.69) is 4.98 Å². The summed E-state index contributed by atoms with van der Waals surface area (Å²) in [5, 5.41) is 19.2. The number of carboxylic acid groups (broad SMARTS) is 1. The summed E-state index contributed by atoms with van der Waals surface area (Å²) in [6.45, 7) is 3.45. The number of aromatic nitrogens is 2. The first-order chi connectivity index (χ1) is 15.7. The SMILES string of the molecule is CCc1cn2c(n1)N(c1cccc(C(F)(F)F)c1)C(C)=C(C(=O)O)[C@H]2c1ccc(C#N)cc1. The maximum Gasteiger partial charge on any atom is 0.416 e. The molecule has 33 heavy (non-hydrogen) atoms. The Morgan fingerprint density at radius 1 is 1.21 bits per heavy atom. The summed E-state index contributed by atoms with van der Waals surface area (Å²) in [4.78, 5) is 18.5. The van der Waals surface area contributed by atoms with Crippen LogP contribution in [0.5, 0.6) is 0 Å². The van der Waals surface area contributed by atoms with Gasteiger partial charge in [0.2, 0.25) is 5.95 Å². The van der Waals surface area contributed by atoms with E-state index in [-0.39, 0.29) is 17.0 Å². The Hall–Kier alpha value is -4.06. The number of benzene rings is 2. The summed E-state index contributed by atoms with van der Waals surface area (Å²) < 4.78 is 41.8. The summed E-state index contributed by atoms with van der Waals surface area (Å²) in [6.07, 6.45) is -2.28. The van der Waals surface area contributed by atoms with Gasteiger partial charge in [0.15, 0.2) is 0 Å². The van der Waals surface area contributed by atoms with E-state index in [1.165, 1.54) is 17.0 Å². The highest BCUT2D eigenvalue weighted by Crippen LogP contribution is 2.44. The van der Waals surface area contributed by atoms with E-state index in [0.717, 1.165) is 12.1 Å². The number of carbonyl (C=O) groups is 1. The third-order valence-electron chi connectivity index (χ3n) is 5.62. The molecule has 0 fully saturated rings. The lowest BCUT2D eigenvalue weighted by molar-refractivity contribution is -0.137. The Bertz CT molecular complexity index is 1300. The van der Waals surface area contributed by atoms with Gasteiger partial charge in [0.05, 0.1) is 34.5 Å². The highest BCUT2D eigenvalue weighted by Gasteiger charge is 2.38. The van der Waals surface area contributed by atoms with Gasteiger partial charge in [-0.2, -0.15) is 18.4 Å². The number of alkyl halides is 3. The number of allylic oxidation sites excluding steroid dienone is 1. The quantitative estimate of drug-likeness (QED) is 0.570. The second-order valence-electron chi connectivity index (χ2n) is 7.62. The number of aryl methyl sites for hydroxylation is 1. The number of hydrogen-bond acceptors (Lipinski definition) is 4. The number of fused-ring (bicyclic) bond motifs is 1. The average Bonchev–Trinajstić information content (AvgIpc) is 3.21. The van der Waals surface area contributed by atoms with Gasteiger partial charge in [0.25, 0.3) is 0 Å². The van der Waals surface area contributed by atoms with Crippen LogP contribution >= 0.6 is 0 Å². The van der Waals surface area contributed by atoms with Gasteiger partial charge >= 0.3 is 12.1 Å². The van der Waals surface area contributed by atoms with Crippen LogP contribution in [-0.4, -0.2) is 20.6 Å². The minimum absolute atomic E-state index is 0.00433. The molecule has 1 aliphatic rings. The third-order valence-corrected chi connectivity index (χ3v) is 5.62. The molecule has 0 spiro atoms. The van der Waals surface area contributed by atoms with Crippen molar-refractivity contribution >= 4 is 17.6 Å². The molecule has 0 amide bonds. The summed E-state index contributed by atoms with van der Waals surface area (Å²) in [5.41, 5.74) is 1.30. The van der Waals surface area contributed by atoms with Crippen LogP contribution in [0.1, 0.15) is 42.3 Å². The van der Waals surface area contributed by atoms with Crippen molar-refractivity contribution in [3.8, 4) is 6.07 Å². The smallest absolute Gasteiger partial charge is 0.416 e. The summed E-state index contributed by atoms with van der Waals surface area (Å²) in [5.74, 6) is -0.876. The summed E-state index contributed by atoms with van der Waals surface area (Å²) in [7, 11) is 0. The Labute approximate surface area is 187 Å². The molecule has 0 unspecified atom stereocenters. The molecule has 6 nitrogen and oxygen atoms in total. The van der Waals surface area contributed by atoms with E-state index in [0.29, 0.717) is 29.2 Å². The number of halogens is 3. The monoisotopic (exact) mass is 452 g/mol. The second kappa shape index (κ2) is 8.13. The standard InChI is InChI=1S/C24H19F3N4O2/c1-3-18-13-30-21(16-9-7-15(12-28)8-10-16)20(22(32)33)14(2)31(23(30)29-18)19-6-4-5-17(11-19)24(25,26)27/h4-11,13,21H,3H2,1-2H3,(H,32,33)/t21-/m1/s1. The molecule has 0 saturated carbocycles. The number of carboxylic acids is 1. The predicted molar refractivity (Wildman–Crippen MR) is 115 cm³/mol. The molecule has 0 radical (unpaired) electrons. The number of rotatable bonds is 4. The average molecular weight is 452 g/mol. The number of imidazole rings is 1. The van der Waals surface area contributed by atoms with Crippen molar-refractivity contribution in [3.05, 3.63) is 88.4 Å². The fourth-order valence-corrected chi connectivity index (χ4v) is 4.04. The third kappa shape index (κ3) is 3.84. The molecular formula is C24H19F3N4O2. The number of hydrogen-bond donors (Lipinski definition) is 1. The number of nitrogens with zero attached hydrogens (tertiary/aromatic N) is 4. The molecule has 168 valence electrons. The number of aliphatic carboxylic acids is 1. The first-order valence-electron chi connectivity index (χ1n) is 10.1. The zero-order valence-corrected chi connectivity index (χ0v) is 17.8. The van der Waals surface area contributed by atoms with Crippen LogP contribution in [0.15, 0.2) is 66.0 Å². The molecule has 0 saturated heterocycles. The number of anilines is 2. The van der Waals surface area contributed by atoms with Crippen molar-refractivity contribution in [2.24, 2.45) is 0 Å². The van der Waals surface area contributed by atoms with E-state index in [9.17, 15) is 23.1 Å². The van der Waals surface area contributed by atoms with Gasteiger partial charge in [0, 0.05) is 17.6 Å². The first kappa shape index (κ1) is 22.1. The lowest BCUT2D eigenvalue weighted by Gasteiger charge is -2.36. The van der Waals surface area contributed by atoms with Crippen molar-refractivity contribution in [2.45, 2.75) is 32.5 Å². The minimum Gasteiger partial charge on any atom is -0.478 e. The fraction of sp³-hybridized carbons (Fsp3) is 0.208. The number of nitriles is 1. The van der Waals surface area contributed by atoms with Gasteiger partial charge in [-0.1, -0.05) is 25.1 Å². The van der Waals surface area contributed by atoms with Gasteiger partial charge in [-0.25, -0.2) is 9.78 Å². The lowest BCUT2D eigenvalue weighted by atomic mass is 9.94. The normalized spacial score (nSPS) is 15.9. The van der Waals surface area contributed by atoms with E-state index in [1.807, 2.05) is 13.0 Å². The van der Waals surface area contributed by atoms with Gasteiger partial charge < -0.3 is 9.67 Å². The van der Waals surface area contributed by atoms with Gasteiger partial charge in [0.1, 0.15) is 0 Å². The molecular weight excluding hydrogens is 433 g/mol. The van der Waals surface area contributed by atoms with Gasteiger partial charge in [-0.05, 0) is 49.2 Å².